The fourth-order valence-corrected chi connectivity index (χ4v) is 5.00. The van der Waals surface area contributed by atoms with Crippen LogP contribution in [0.1, 0.15) is 12.5 Å². The Morgan fingerprint density at radius 3 is 2.29 bits per heavy atom. The fourth-order valence-electron chi connectivity index (χ4n) is 3.98. The molecule has 41 heavy (non-hydrogen) atoms. The fraction of sp³-hybridized carbons (Fsp3) is 0.208. The van der Waals surface area contributed by atoms with Crippen LogP contribution in [-0.4, -0.2) is 54.2 Å². The molecule has 0 aliphatic rings. The summed E-state index contributed by atoms with van der Waals surface area (Å²) in [5.41, 5.74) is -2.76. The molecule has 0 amide bonds. The summed E-state index contributed by atoms with van der Waals surface area (Å²) in [4.78, 5) is 24.8. The van der Waals surface area contributed by atoms with Gasteiger partial charge in [0, 0.05) is 13.2 Å². The van der Waals surface area contributed by atoms with Crippen molar-refractivity contribution in [2.24, 2.45) is 7.05 Å². The minimum atomic E-state index is -5.89. The van der Waals surface area contributed by atoms with Crippen LogP contribution in [0.2, 0.25) is 0 Å². The van der Waals surface area contributed by atoms with E-state index in [0.29, 0.717) is 12.3 Å². The van der Waals surface area contributed by atoms with Gasteiger partial charge >= 0.3 is 17.8 Å². The Labute approximate surface area is 226 Å². The topological polar surface area (TPSA) is 118 Å². The van der Waals surface area contributed by atoms with Gasteiger partial charge < -0.3 is 4.57 Å². The van der Waals surface area contributed by atoms with E-state index in [1.807, 2.05) is 0 Å². The molecule has 0 saturated carbocycles. The average Bonchev–Trinajstić information content (AvgIpc) is 3.47. The van der Waals surface area contributed by atoms with Crippen LogP contribution in [0.5, 0.6) is 0 Å². The molecule has 0 aliphatic heterocycles. The van der Waals surface area contributed by atoms with Gasteiger partial charge in [0.2, 0.25) is 0 Å². The summed E-state index contributed by atoms with van der Waals surface area (Å²) >= 11 is 0. The highest BCUT2D eigenvalue weighted by atomic mass is 32.2. The number of imidazole rings is 1. The number of hydrogen-bond acceptors (Lipinski definition) is 7. The molecule has 5 aromatic rings. The van der Waals surface area contributed by atoms with E-state index in [9.17, 15) is 39.6 Å². The van der Waals surface area contributed by atoms with E-state index in [-0.39, 0.29) is 44.8 Å². The van der Waals surface area contributed by atoms with Gasteiger partial charge in [0.25, 0.3) is 0 Å². The molecule has 0 unspecified atom stereocenters. The molecule has 1 aromatic carbocycles. The second-order valence-corrected chi connectivity index (χ2v) is 11.0. The predicted molar refractivity (Wildman–Crippen MR) is 132 cm³/mol. The first-order valence-corrected chi connectivity index (χ1v) is 13.3. The van der Waals surface area contributed by atoms with Crippen LogP contribution in [0, 0.1) is 5.82 Å². The molecule has 0 aliphatic carbocycles. The molecule has 4 aromatic heterocycles. The van der Waals surface area contributed by atoms with Gasteiger partial charge in [-0.3, -0.25) is 0 Å². The Morgan fingerprint density at radius 2 is 1.66 bits per heavy atom. The lowest BCUT2D eigenvalue weighted by atomic mass is 10.1. The minimum absolute atomic E-state index is 0.133. The van der Waals surface area contributed by atoms with Crippen LogP contribution >= 0.6 is 0 Å². The lowest BCUT2D eigenvalue weighted by molar-refractivity contribution is -0.289. The van der Waals surface area contributed by atoms with Gasteiger partial charge in [-0.25, -0.2) is 37.1 Å². The number of sulfone groups is 1. The lowest BCUT2D eigenvalue weighted by Gasteiger charge is -2.19. The maximum atomic E-state index is 14.0. The first-order valence-electron chi connectivity index (χ1n) is 11.6. The smallest absolute Gasteiger partial charge is 0.310 e. The molecular weight excluding hydrogens is 580 g/mol. The molecule has 5 rings (SSSR count). The van der Waals surface area contributed by atoms with Gasteiger partial charge in [-0.1, -0.05) is 6.92 Å². The number of hydrogen-bond donors (Lipinski definition) is 0. The normalized spacial score (nSPS) is 12.8. The molecule has 4 heterocycles. The predicted octanol–water partition coefficient (Wildman–Crippen LogP) is 3.95. The molecule has 0 bridgehead atoms. The van der Waals surface area contributed by atoms with Crippen molar-refractivity contribution in [3.8, 4) is 23.0 Å². The number of pyridine rings is 2. The first kappa shape index (κ1) is 28.0. The summed E-state index contributed by atoms with van der Waals surface area (Å²) in [6, 6.07) is 7.80. The molecule has 214 valence electrons. The largest absolute Gasteiger partial charge is 0.458 e. The van der Waals surface area contributed by atoms with Crippen molar-refractivity contribution in [3.05, 3.63) is 76.9 Å². The van der Waals surface area contributed by atoms with Crippen LogP contribution in [0.4, 0.5) is 26.3 Å². The second kappa shape index (κ2) is 9.53. The molecule has 10 nitrogen and oxygen atoms in total. The van der Waals surface area contributed by atoms with Crippen molar-refractivity contribution in [2.75, 3.05) is 5.75 Å². The zero-order valence-corrected chi connectivity index (χ0v) is 21.8. The van der Waals surface area contributed by atoms with Gasteiger partial charge in [-0.15, -0.1) is 0 Å². The molecule has 0 atom stereocenters. The first-order chi connectivity index (χ1) is 19.2. The van der Waals surface area contributed by atoms with Crippen LogP contribution in [0.15, 0.2) is 64.7 Å². The monoisotopic (exact) mass is 597 g/mol. The van der Waals surface area contributed by atoms with Crippen molar-refractivity contribution in [1.82, 2.24) is 33.9 Å². The third kappa shape index (κ3) is 4.64. The maximum Gasteiger partial charge on any atom is 0.458 e. The summed E-state index contributed by atoms with van der Waals surface area (Å²) in [6.45, 7) is 1.36. The molecule has 0 fully saturated rings. The van der Waals surface area contributed by atoms with E-state index in [1.54, 1.807) is 0 Å². The minimum Gasteiger partial charge on any atom is -0.310 e. The van der Waals surface area contributed by atoms with E-state index in [0.717, 1.165) is 33.8 Å². The van der Waals surface area contributed by atoms with Crippen molar-refractivity contribution in [2.45, 2.75) is 23.9 Å². The van der Waals surface area contributed by atoms with E-state index in [2.05, 4.69) is 20.1 Å². The Kier molecular flexibility index (Phi) is 6.51. The summed E-state index contributed by atoms with van der Waals surface area (Å²) in [6.07, 6.45) is -4.39. The van der Waals surface area contributed by atoms with E-state index in [4.69, 9.17) is 0 Å². The van der Waals surface area contributed by atoms with Crippen molar-refractivity contribution >= 4 is 21.0 Å². The van der Waals surface area contributed by atoms with Gasteiger partial charge in [0.15, 0.2) is 27.1 Å². The quantitative estimate of drug-likeness (QED) is 0.272. The highest BCUT2D eigenvalue weighted by molar-refractivity contribution is 7.91. The summed E-state index contributed by atoms with van der Waals surface area (Å²) in [7, 11) is -2.65. The van der Waals surface area contributed by atoms with Crippen LogP contribution in [-0.2, 0) is 22.8 Å². The SMILES string of the molecule is CCS(=O)(=O)c1ccc(-n2ncn(-c3ccc(F)cc3)c2=O)nc1-c1nc2cc(C(F)(F)C(F)(F)F)cnc2n1C. The zero-order chi connectivity index (χ0) is 29.9. The highest BCUT2D eigenvalue weighted by Crippen LogP contribution is 2.44. The number of halogens is 6. The van der Waals surface area contributed by atoms with Crippen LogP contribution in [0.3, 0.4) is 0 Å². The Morgan fingerprint density at radius 1 is 0.976 bits per heavy atom. The molecule has 0 N–H and O–H groups in total. The van der Waals surface area contributed by atoms with Crippen molar-refractivity contribution in [3.63, 3.8) is 0 Å². The Balaban J connectivity index is 1.70. The molecule has 0 radical (unpaired) electrons. The summed E-state index contributed by atoms with van der Waals surface area (Å²) in [5.74, 6) is -6.51. The number of nitrogens with zero attached hydrogens (tertiary/aromatic N) is 7. The van der Waals surface area contributed by atoms with Gasteiger partial charge in [-0.05, 0) is 42.5 Å². The Bertz CT molecular complexity index is 1960. The second-order valence-electron chi connectivity index (χ2n) is 8.72. The van der Waals surface area contributed by atoms with Gasteiger partial charge in [0.05, 0.1) is 21.9 Å². The molecular formula is C24H17F6N7O3S. The van der Waals surface area contributed by atoms with Crippen molar-refractivity contribution < 1.29 is 34.8 Å². The van der Waals surface area contributed by atoms with Gasteiger partial charge in [0.1, 0.15) is 23.4 Å². The van der Waals surface area contributed by atoms with E-state index in [1.165, 1.54) is 36.7 Å². The van der Waals surface area contributed by atoms with E-state index >= 15 is 0 Å². The molecule has 17 heteroatoms. The van der Waals surface area contributed by atoms with E-state index < -0.39 is 39.0 Å². The Hall–Kier alpha value is -4.54. The molecule has 0 saturated heterocycles. The standard InChI is InChI=1S/C24H17F6N7O3S/c1-3-41(39,40)17-8-9-18(37-22(38)36(12-32-37)15-6-4-14(25)5-7-15)34-19(17)21-33-16-10-13(11-31-20(16)35(21)2)23(26,27)24(28,29)30/h4-12H,3H2,1-2H3. The highest BCUT2D eigenvalue weighted by Gasteiger charge is 2.59. The van der Waals surface area contributed by atoms with Gasteiger partial charge in [-0.2, -0.15) is 31.7 Å². The average molecular weight is 598 g/mol. The summed E-state index contributed by atoms with van der Waals surface area (Å²) < 4.78 is 109. The third-order valence-corrected chi connectivity index (χ3v) is 7.95. The van der Waals surface area contributed by atoms with Crippen molar-refractivity contribution in [1.29, 1.82) is 0 Å². The number of aromatic nitrogens is 7. The zero-order valence-electron chi connectivity index (χ0n) is 20.9. The van der Waals surface area contributed by atoms with Crippen LogP contribution in [0.25, 0.3) is 34.2 Å². The third-order valence-electron chi connectivity index (χ3n) is 6.19. The van der Waals surface area contributed by atoms with Crippen LogP contribution < -0.4 is 5.69 Å². The molecule has 0 spiro atoms. The number of alkyl halides is 5. The number of aryl methyl sites for hydroxylation is 1. The summed E-state index contributed by atoms with van der Waals surface area (Å²) in [5, 5.41) is 3.99. The lowest BCUT2D eigenvalue weighted by Crippen LogP contribution is -2.33. The number of benzene rings is 1. The maximum absolute atomic E-state index is 14.0. The number of fused-ring (bicyclic) bond motifs is 1. The number of rotatable bonds is 6.